The fourth-order valence-corrected chi connectivity index (χ4v) is 3.27. The Kier molecular flexibility index (Phi) is 4.66. The number of hydrogen-bond donors (Lipinski definition) is 0. The van der Waals surface area contributed by atoms with E-state index in [0.29, 0.717) is 43.6 Å². The molecule has 1 amide bonds. The van der Waals surface area contributed by atoms with Crippen molar-refractivity contribution in [2.45, 2.75) is 12.5 Å². The minimum Gasteiger partial charge on any atom is -0.488 e. The Morgan fingerprint density at radius 1 is 1.30 bits per heavy atom. The SMILES string of the molecule is COc1ncc(N2CCOc3cnc(O[C@H]4CCN(C=O)C4)cc32)cc1F. The lowest BCUT2D eigenvalue weighted by Gasteiger charge is -2.31. The van der Waals surface area contributed by atoms with E-state index in [1.54, 1.807) is 23.4 Å². The van der Waals surface area contributed by atoms with Crippen molar-refractivity contribution in [2.75, 3.05) is 38.3 Å². The number of ether oxygens (including phenoxy) is 3. The fraction of sp³-hybridized carbons (Fsp3) is 0.389. The summed E-state index contributed by atoms with van der Waals surface area (Å²) in [5.41, 5.74) is 1.31. The molecule has 0 radical (unpaired) electrons. The molecule has 0 bridgehead atoms. The van der Waals surface area contributed by atoms with Crippen LogP contribution in [-0.4, -0.2) is 60.7 Å². The molecular formula is C18H19FN4O4. The topological polar surface area (TPSA) is 77.0 Å². The third kappa shape index (κ3) is 3.44. The van der Waals surface area contributed by atoms with Crippen molar-refractivity contribution >= 4 is 17.8 Å². The van der Waals surface area contributed by atoms with Gasteiger partial charge in [-0.3, -0.25) is 4.79 Å². The zero-order valence-electron chi connectivity index (χ0n) is 14.8. The maximum Gasteiger partial charge on any atom is 0.250 e. The average molecular weight is 374 g/mol. The van der Waals surface area contributed by atoms with Gasteiger partial charge in [-0.05, 0) is 0 Å². The van der Waals surface area contributed by atoms with Crippen LogP contribution in [-0.2, 0) is 4.79 Å². The number of methoxy groups -OCH3 is 1. The molecule has 0 spiro atoms. The summed E-state index contributed by atoms with van der Waals surface area (Å²) in [6.07, 6.45) is 4.63. The number of carbonyl (C=O) groups is 1. The first-order valence-corrected chi connectivity index (χ1v) is 8.64. The summed E-state index contributed by atoms with van der Waals surface area (Å²) < 4.78 is 30.5. The van der Waals surface area contributed by atoms with Gasteiger partial charge in [-0.1, -0.05) is 0 Å². The normalized spacial score (nSPS) is 18.7. The van der Waals surface area contributed by atoms with E-state index in [2.05, 4.69) is 9.97 Å². The number of hydrogen-bond acceptors (Lipinski definition) is 7. The zero-order chi connectivity index (χ0) is 18.8. The lowest BCUT2D eigenvalue weighted by atomic mass is 10.2. The number of anilines is 2. The number of pyridine rings is 2. The number of amides is 1. The Balaban J connectivity index is 1.59. The van der Waals surface area contributed by atoms with Crippen molar-refractivity contribution in [2.24, 2.45) is 0 Å². The minimum absolute atomic E-state index is 0.0491. The molecule has 1 atom stereocenters. The molecule has 9 heteroatoms. The molecule has 2 aromatic rings. The van der Waals surface area contributed by atoms with Crippen molar-refractivity contribution in [3.8, 4) is 17.5 Å². The van der Waals surface area contributed by atoms with Crippen molar-refractivity contribution in [3.63, 3.8) is 0 Å². The highest BCUT2D eigenvalue weighted by Crippen LogP contribution is 2.38. The van der Waals surface area contributed by atoms with Crippen molar-refractivity contribution < 1.29 is 23.4 Å². The van der Waals surface area contributed by atoms with Crippen LogP contribution in [0.15, 0.2) is 24.5 Å². The molecule has 0 aromatic carbocycles. The maximum absolute atomic E-state index is 14.1. The maximum atomic E-state index is 14.1. The predicted molar refractivity (Wildman–Crippen MR) is 94.2 cm³/mol. The molecule has 2 aromatic heterocycles. The first-order valence-electron chi connectivity index (χ1n) is 8.64. The predicted octanol–water partition coefficient (Wildman–Crippen LogP) is 1.76. The first kappa shape index (κ1) is 17.3. The van der Waals surface area contributed by atoms with Gasteiger partial charge in [0.05, 0.1) is 44.0 Å². The summed E-state index contributed by atoms with van der Waals surface area (Å²) in [7, 11) is 1.37. The minimum atomic E-state index is -0.534. The molecule has 4 heterocycles. The third-order valence-electron chi connectivity index (χ3n) is 4.60. The van der Waals surface area contributed by atoms with E-state index in [0.717, 1.165) is 18.5 Å². The highest BCUT2D eigenvalue weighted by atomic mass is 19.1. The highest BCUT2D eigenvalue weighted by molar-refractivity contribution is 5.70. The van der Waals surface area contributed by atoms with E-state index in [1.165, 1.54) is 13.2 Å². The number of likely N-dealkylation sites (tertiary alicyclic amines) is 1. The Morgan fingerprint density at radius 2 is 2.19 bits per heavy atom. The number of fused-ring (bicyclic) bond motifs is 1. The van der Waals surface area contributed by atoms with Gasteiger partial charge in [0.25, 0.3) is 0 Å². The van der Waals surface area contributed by atoms with E-state index >= 15 is 0 Å². The van der Waals surface area contributed by atoms with E-state index in [-0.39, 0.29) is 12.0 Å². The molecule has 142 valence electrons. The number of rotatable bonds is 5. The third-order valence-corrected chi connectivity index (χ3v) is 4.60. The molecule has 0 aliphatic carbocycles. The Labute approximate surface area is 155 Å². The van der Waals surface area contributed by atoms with Gasteiger partial charge in [0.2, 0.25) is 18.2 Å². The van der Waals surface area contributed by atoms with Crippen LogP contribution in [0.25, 0.3) is 0 Å². The second kappa shape index (κ2) is 7.26. The summed E-state index contributed by atoms with van der Waals surface area (Å²) >= 11 is 0. The average Bonchev–Trinajstić information content (AvgIpc) is 3.15. The number of nitrogens with zero attached hydrogens (tertiary/aromatic N) is 4. The molecule has 4 rings (SSSR count). The molecule has 27 heavy (non-hydrogen) atoms. The van der Waals surface area contributed by atoms with Gasteiger partial charge in [-0.25, -0.2) is 14.4 Å². The quantitative estimate of drug-likeness (QED) is 0.738. The Hall–Kier alpha value is -3.10. The number of aromatic nitrogens is 2. The van der Waals surface area contributed by atoms with Crippen molar-refractivity contribution in [1.29, 1.82) is 0 Å². The molecule has 8 nitrogen and oxygen atoms in total. The molecule has 1 fully saturated rings. The molecule has 2 aliphatic rings. The van der Waals surface area contributed by atoms with Crippen LogP contribution in [0.3, 0.4) is 0 Å². The van der Waals surface area contributed by atoms with Gasteiger partial charge in [-0.15, -0.1) is 0 Å². The highest BCUT2D eigenvalue weighted by Gasteiger charge is 2.26. The van der Waals surface area contributed by atoms with E-state index in [1.807, 2.05) is 4.90 Å². The number of halogens is 1. The van der Waals surface area contributed by atoms with Gasteiger partial charge in [0.15, 0.2) is 11.6 Å². The van der Waals surface area contributed by atoms with Gasteiger partial charge in [-0.2, -0.15) is 0 Å². The van der Waals surface area contributed by atoms with Crippen LogP contribution in [0.4, 0.5) is 15.8 Å². The second-order valence-electron chi connectivity index (χ2n) is 6.30. The molecule has 1 saturated heterocycles. The smallest absolute Gasteiger partial charge is 0.250 e. The first-order chi connectivity index (χ1) is 13.2. The van der Waals surface area contributed by atoms with Crippen molar-refractivity contribution in [3.05, 3.63) is 30.3 Å². The summed E-state index contributed by atoms with van der Waals surface area (Å²) in [5.74, 6) is 0.440. The molecule has 0 saturated carbocycles. The van der Waals surface area contributed by atoms with E-state index < -0.39 is 5.82 Å². The molecule has 0 unspecified atom stereocenters. The van der Waals surface area contributed by atoms with Crippen LogP contribution in [0.5, 0.6) is 17.5 Å². The zero-order valence-corrected chi connectivity index (χ0v) is 14.8. The Bertz CT molecular complexity index is 850. The van der Waals surface area contributed by atoms with Crippen LogP contribution < -0.4 is 19.1 Å². The van der Waals surface area contributed by atoms with Crippen LogP contribution in [0.1, 0.15) is 6.42 Å². The van der Waals surface area contributed by atoms with E-state index in [9.17, 15) is 9.18 Å². The number of carbonyl (C=O) groups excluding carboxylic acids is 1. The van der Waals surface area contributed by atoms with Crippen LogP contribution >= 0.6 is 0 Å². The summed E-state index contributed by atoms with van der Waals surface area (Å²) in [6, 6.07) is 3.14. The lowest BCUT2D eigenvalue weighted by Crippen LogP contribution is -2.29. The largest absolute Gasteiger partial charge is 0.488 e. The molecule has 0 N–H and O–H groups in total. The monoisotopic (exact) mass is 374 g/mol. The van der Waals surface area contributed by atoms with Crippen LogP contribution in [0, 0.1) is 5.82 Å². The second-order valence-corrected chi connectivity index (χ2v) is 6.30. The van der Waals surface area contributed by atoms with Gasteiger partial charge in [0.1, 0.15) is 12.7 Å². The van der Waals surface area contributed by atoms with E-state index in [4.69, 9.17) is 14.2 Å². The summed E-state index contributed by atoms with van der Waals surface area (Å²) in [5, 5.41) is 0. The molecule has 2 aliphatic heterocycles. The van der Waals surface area contributed by atoms with Gasteiger partial charge < -0.3 is 24.0 Å². The van der Waals surface area contributed by atoms with Gasteiger partial charge >= 0.3 is 0 Å². The van der Waals surface area contributed by atoms with Crippen molar-refractivity contribution in [1.82, 2.24) is 14.9 Å². The van der Waals surface area contributed by atoms with Crippen LogP contribution in [0.2, 0.25) is 0 Å². The standard InChI is InChI=1S/C18H19FN4O4/c1-25-18-14(19)6-12(8-21-18)23-4-5-26-16-9-20-17(7-15(16)23)27-13-2-3-22(10-13)11-24/h6-9,11,13H,2-5,10H2,1H3/t13-/m0/s1. The summed E-state index contributed by atoms with van der Waals surface area (Å²) in [6.45, 7) is 2.19. The lowest BCUT2D eigenvalue weighted by molar-refractivity contribution is -0.117. The summed E-state index contributed by atoms with van der Waals surface area (Å²) in [4.78, 5) is 22.7. The van der Waals surface area contributed by atoms with Gasteiger partial charge in [0, 0.05) is 25.1 Å². The molecular weight excluding hydrogens is 355 g/mol. The Morgan fingerprint density at radius 3 is 2.93 bits per heavy atom. The fourth-order valence-electron chi connectivity index (χ4n) is 3.27.